The lowest BCUT2D eigenvalue weighted by Gasteiger charge is -2.05. The fourth-order valence-corrected chi connectivity index (χ4v) is 1.30. The molecule has 4 heteroatoms. The largest absolute Gasteiger partial charge is 0.269 e. The predicted octanol–water partition coefficient (Wildman–Crippen LogP) is 1.10. The van der Waals surface area contributed by atoms with E-state index in [4.69, 9.17) is 5.26 Å². The van der Waals surface area contributed by atoms with Gasteiger partial charge in [-0.1, -0.05) is 12.1 Å². The highest BCUT2D eigenvalue weighted by Crippen LogP contribution is 2.03. The van der Waals surface area contributed by atoms with Gasteiger partial charge in [0.2, 0.25) is 0 Å². The summed E-state index contributed by atoms with van der Waals surface area (Å²) in [5.41, 5.74) is 0.0222. The normalized spacial score (nSPS) is 9.53. The Bertz CT molecular complexity index is 566. The van der Waals surface area contributed by atoms with Crippen molar-refractivity contribution in [2.75, 3.05) is 0 Å². The minimum Gasteiger partial charge on any atom is -0.269 e. The first-order chi connectivity index (χ1) is 7.33. The van der Waals surface area contributed by atoms with Crippen LogP contribution in [0.4, 0.5) is 0 Å². The van der Waals surface area contributed by atoms with Crippen molar-refractivity contribution in [1.82, 2.24) is 9.55 Å². The number of nitrogens with zero attached hydrogens (tertiary/aromatic N) is 3. The molecule has 0 N–H and O–H groups in total. The second-order valence-electron chi connectivity index (χ2n) is 2.88. The van der Waals surface area contributed by atoms with E-state index in [0.717, 1.165) is 0 Å². The lowest BCUT2D eigenvalue weighted by Crippen LogP contribution is -2.20. The summed E-state index contributed by atoms with van der Waals surface area (Å²) in [5.74, 6) is 0.458. The number of nitriles is 1. The average molecular weight is 197 g/mol. The summed E-state index contributed by atoms with van der Waals surface area (Å²) in [6.45, 7) is 0. The first kappa shape index (κ1) is 9.16. The van der Waals surface area contributed by atoms with Crippen LogP contribution >= 0.6 is 0 Å². The lowest BCUT2D eigenvalue weighted by atomic mass is 10.3. The number of hydrogen-bond acceptors (Lipinski definition) is 3. The fourth-order valence-electron chi connectivity index (χ4n) is 1.30. The van der Waals surface area contributed by atoms with Crippen molar-refractivity contribution in [2.24, 2.45) is 0 Å². The van der Waals surface area contributed by atoms with Gasteiger partial charge in [0.15, 0.2) is 0 Å². The molecule has 0 radical (unpaired) electrons. The van der Waals surface area contributed by atoms with Gasteiger partial charge in [0.05, 0.1) is 0 Å². The molecule has 0 aliphatic carbocycles. The molecule has 0 atom stereocenters. The molecular weight excluding hydrogens is 190 g/mol. The Morgan fingerprint density at radius 1 is 1.20 bits per heavy atom. The van der Waals surface area contributed by atoms with E-state index in [2.05, 4.69) is 4.98 Å². The van der Waals surface area contributed by atoms with Gasteiger partial charge in [-0.15, -0.1) is 0 Å². The van der Waals surface area contributed by atoms with Crippen molar-refractivity contribution in [2.45, 2.75) is 0 Å². The minimum atomic E-state index is -0.257. The molecule has 0 amide bonds. The van der Waals surface area contributed by atoms with Crippen molar-refractivity contribution >= 4 is 0 Å². The number of pyridine rings is 2. The molecule has 2 aromatic heterocycles. The van der Waals surface area contributed by atoms with E-state index < -0.39 is 0 Å². The molecule has 0 saturated carbocycles. The van der Waals surface area contributed by atoms with E-state index in [1.54, 1.807) is 36.5 Å². The Kier molecular flexibility index (Phi) is 2.30. The summed E-state index contributed by atoms with van der Waals surface area (Å²) in [6.07, 6.45) is 1.58. The SMILES string of the molecule is N#Cc1cccc(=O)n1-c1ccccn1. The van der Waals surface area contributed by atoms with Gasteiger partial charge >= 0.3 is 0 Å². The Morgan fingerprint density at radius 2 is 2.07 bits per heavy atom. The summed E-state index contributed by atoms with van der Waals surface area (Å²) in [7, 11) is 0. The van der Waals surface area contributed by atoms with E-state index in [-0.39, 0.29) is 11.3 Å². The average Bonchev–Trinajstić information content (AvgIpc) is 2.29. The van der Waals surface area contributed by atoms with E-state index in [9.17, 15) is 4.79 Å². The lowest BCUT2D eigenvalue weighted by molar-refractivity contribution is 0.922. The predicted molar refractivity (Wildman–Crippen MR) is 54.5 cm³/mol. The number of hydrogen-bond donors (Lipinski definition) is 0. The Morgan fingerprint density at radius 3 is 2.73 bits per heavy atom. The van der Waals surface area contributed by atoms with Crippen molar-refractivity contribution < 1.29 is 0 Å². The summed E-state index contributed by atoms with van der Waals surface area (Å²) in [6, 6.07) is 11.7. The summed E-state index contributed by atoms with van der Waals surface area (Å²) in [4.78, 5) is 15.6. The summed E-state index contributed by atoms with van der Waals surface area (Å²) < 4.78 is 1.28. The maximum absolute atomic E-state index is 11.6. The van der Waals surface area contributed by atoms with Crippen LogP contribution in [0.3, 0.4) is 0 Å². The molecule has 0 aliphatic rings. The minimum absolute atomic E-state index is 0.257. The van der Waals surface area contributed by atoms with Crippen LogP contribution in [0.2, 0.25) is 0 Å². The van der Waals surface area contributed by atoms with Crippen molar-refractivity contribution in [3.8, 4) is 11.9 Å². The molecular formula is C11H7N3O. The molecule has 2 aromatic rings. The van der Waals surface area contributed by atoms with E-state index in [1.165, 1.54) is 10.6 Å². The van der Waals surface area contributed by atoms with E-state index in [0.29, 0.717) is 5.82 Å². The molecule has 4 nitrogen and oxygen atoms in total. The Balaban J connectivity index is 2.74. The second-order valence-corrected chi connectivity index (χ2v) is 2.88. The zero-order valence-electron chi connectivity index (χ0n) is 7.79. The summed E-state index contributed by atoms with van der Waals surface area (Å²) in [5, 5.41) is 8.87. The molecule has 72 valence electrons. The van der Waals surface area contributed by atoms with Crippen LogP contribution in [-0.4, -0.2) is 9.55 Å². The van der Waals surface area contributed by atoms with Gasteiger partial charge in [-0.3, -0.25) is 9.36 Å². The van der Waals surface area contributed by atoms with Gasteiger partial charge in [0.1, 0.15) is 17.6 Å². The van der Waals surface area contributed by atoms with Gasteiger partial charge in [-0.05, 0) is 18.2 Å². The molecule has 2 heterocycles. The van der Waals surface area contributed by atoms with Crippen LogP contribution in [0.5, 0.6) is 0 Å². The molecule has 2 rings (SSSR count). The van der Waals surface area contributed by atoms with E-state index in [1.807, 2.05) is 6.07 Å². The first-order valence-corrected chi connectivity index (χ1v) is 4.36. The standard InChI is InChI=1S/C11H7N3O/c12-8-9-4-3-6-11(15)14(9)10-5-1-2-7-13-10/h1-7H. The summed E-state index contributed by atoms with van der Waals surface area (Å²) >= 11 is 0. The second kappa shape index (κ2) is 3.76. The number of rotatable bonds is 1. The molecule has 0 spiro atoms. The van der Waals surface area contributed by atoms with E-state index >= 15 is 0 Å². The topological polar surface area (TPSA) is 58.7 Å². The molecule has 0 fully saturated rings. The van der Waals surface area contributed by atoms with Crippen LogP contribution in [0, 0.1) is 11.3 Å². The van der Waals surface area contributed by atoms with Crippen molar-refractivity contribution in [1.29, 1.82) is 5.26 Å². The molecule has 0 saturated heterocycles. The van der Waals surface area contributed by atoms with Crippen molar-refractivity contribution in [3.63, 3.8) is 0 Å². The molecule has 0 aromatic carbocycles. The molecule has 15 heavy (non-hydrogen) atoms. The van der Waals surface area contributed by atoms with Gasteiger partial charge in [-0.2, -0.15) is 5.26 Å². The van der Waals surface area contributed by atoms with Crippen molar-refractivity contribution in [3.05, 3.63) is 58.6 Å². The monoisotopic (exact) mass is 197 g/mol. The third kappa shape index (κ3) is 1.63. The molecule has 0 bridgehead atoms. The fraction of sp³-hybridized carbons (Fsp3) is 0. The van der Waals surface area contributed by atoms with Crippen LogP contribution in [-0.2, 0) is 0 Å². The highest BCUT2D eigenvalue weighted by Gasteiger charge is 2.04. The number of aromatic nitrogens is 2. The smallest absolute Gasteiger partial charge is 0.257 e. The maximum atomic E-state index is 11.6. The Hall–Kier alpha value is -2.41. The molecule has 0 aliphatic heterocycles. The quantitative estimate of drug-likeness (QED) is 0.687. The van der Waals surface area contributed by atoms with Crippen LogP contribution in [0.1, 0.15) is 5.69 Å². The van der Waals surface area contributed by atoms with Gasteiger partial charge < -0.3 is 0 Å². The third-order valence-electron chi connectivity index (χ3n) is 1.95. The maximum Gasteiger partial charge on any atom is 0.257 e. The Labute approximate surface area is 86.1 Å². The zero-order valence-corrected chi connectivity index (χ0v) is 7.79. The van der Waals surface area contributed by atoms with Gasteiger partial charge in [0.25, 0.3) is 5.56 Å². The van der Waals surface area contributed by atoms with Gasteiger partial charge in [-0.25, -0.2) is 4.98 Å². The zero-order chi connectivity index (χ0) is 10.7. The third-order valence-corrected chi connectivity index (χ3v) is 1.95. The first-order valence-electron chi connectivity index (χ1n) is 4.36. The van der Waals surface area contributed by atoms with Crippen LogP contribution in [0.15, 0.2) is 47.4 Å². The molecule has 0 unspecified atom stereocenters. The van der Waals surface area contributed by atoms with Gasteiger partial charge in [0, 0.05) is 12.3 Å². The highest BCUT2D eigenvalue weighted by atomic mass is 16.1. The highest BCUT2D eigenvalue weighted by molar-refractivity contribution is 5.32. The van der Waals surface area contributed by atoms with Crippen LogP contribution in [0.25, 0.3) is 5.82 Å². The van der Waals surface area contributed by atoms with Crippen LogP contribution < -0.4 is 5.56 Å².